The van der Waals surface area contributed by atoms with E-state index in [2.05, 4.69) is 15.8 Å². The van der Waals surface area contributed by atoms with E-state index < -0.39 is 0 Å². The van der Waals surface area contributed by atoms with Crippen LogP contribution in [0.15, 0.2) is 24.4 Å². The number of carbonyl (C=O) groups excluding carboxylic acids is 1. The fourth-order valence-electron chi connectivity index (χ4n) is 1.60. The van der Waals surface area contributed by atoms with Gasteiger partial charge in [0.1, 0.15) is 5.69 Å². The molecule has 0 amide bonds. The molecule has 3 nitrogen and oxygen atoms in total. The third kappa shape index (κ3) is 2.44. The zero-order valence-corrected chi connectivity index (χ0v) is 9.92. The topological polar surface area (TPSA) is 39.2 Å². The van der Waals surface area contributed by atoms with Crippen LogP contribution in [0.3, 0.4) is 0 Å². The quantitative estimate of drug-likeness (QED) is 0.738. The number of rotatable bonds is 2. The molecule has 4 heteroatoms. The first-order valence-corrected chi connectivity index (χ1v) is 6.28. The summed E-state index contributed by atoms with van der Waals surface area (Å²) in [5.74, 6) is 1.83. The van der Waals surface area contributed by atoms with Gasteiger partial charge in [0.15, 0.2) is 0 Å². The Balaban J connectivity index is 2.18. The first-order valence-electron chi connectivity index (χ1n) is 5.13. The Kier molecular flexibility index (Phi) is 3.62. The number of carbonyl (C=O) groups is 1. The molecule has 2 heterocycles. The number of hydrogen-bond donors (Lipinski definition) is 0. The van der Waals surface area contributed by atoms with E-state index in [1.807, 2.05) is 17.8 Å². The SMILES string of the molecule is COC(=O)c1ccc(C2=CCSCC2)cn1. The van der Waals surface area contributed by atoms with Crippen LogP contribution in [0.1, 0.15) is 22.5 Å². The maximum absolute atomic E-state index is 11.2. The molecular weight excluding hydrogens is 222 g/mol. The molecular formula is C12H13NO2S. The number of aromatic nitrogens is 1. The number of methoxy groups -OCH3 is 1. The molecule has 0 aromatic carbocycles. The summed E-state index contributed by atoms with van der Waals surface area (Å²) in [5, 5.41) is 0. The van der Waals surface area contributed by atoms with Gasteiger partial charge in [-0.2, -0.15) is 11.8 Å². The van der Waals surface area contributed by atoms with E-state index in [1.165, 1.54) is 12.7 Å². The lowest BCUT2D eigenvalue weighted by atomic mass is 10.1. The molecule has 0 bridgehead atoms. The van der Waals surface area contributed by atoms with Crippen LogP contribution in [0.25, 0.3) is 5.57 Å². The molecule has 0 saturated heterocycles. The molecule has 1 aromatic heterocycles. The zero-order valence-electron chi connectivity index (χ0n) is 9.10. The molecule has 2 rings (SSSR count). The number of allylic oxidation sites excluding steroid dienone is 1. The Morgan fingerprint density at radius 2 is 2.38 bits per heavy atom. The van der Waals surface area contributed by atoms with Crippen LogP contribution in [0.4, 0.5) is 0 Å². The molecule has 84 valence electrons. The van der Waals surface area contributed by atoms with Gasteiger partial charge in [-0.3, -0.25) is 0 Å². The minimum absolute atomic E-state index is 0.358. The standard InChI is InChI=1S/C12H13NO2S/c1-15-12(14)11-3-2-10(8-13-11)9-4-6-16-7-5-9/h2-4,8H,5-7H2,1H3. The van der Waals surface area contributed by atoms with E-state index >= 15 is 0 Å². The second-order valence-corrected chi connectivity index (χ2v) is 4.63. The van der Waals surface area contributed by atoms with Gasteiger partial charge in [0.25, 0.3) is 0 Å². The fraction of sp³-hybridized carbons (Fsp3) is 0.333. The van der Waals surface area contributed by atoms with E-state index in [9.17, 15) is 4.79 Å². The van der Waals surface area contributed by atoms with Crippen molar-refractivity contribution >= 4 is 23.3 Å². The summed E-state index contributed by atoms with van der Waals surface area (Å²) in [7, 11) is 1.36. The predicted octanol–water partition coefficient (Wildman–Crippen LogP) is 2.39. The van der Waals surface area contributed by atoms with Gasteiger partial charge in [0.2, 0.25) is 0 Å². The summed E-state index contributed by atoms with van der Waals surface area (Å²) in [6, 6.07) is 3.64. The largest absolute Gasteiger partial charge is 0.464 e. The highest BCUT2D eigenvalue weighted by molar-refractivity contribution is 7.99. The van der Waals surface area contributed by atoms with E-state index in [0.717, 1.165) is 23.5 Å². The fourth-order valence-corrected chi connectivity index (χ4v) is 2.45. The Morgan fingerprint density at radius 1 is 1.50 bits per heavy atom. The van der Waals surface area contributed by atoms with E-state index in [0.29, 0.717) is 5.69 Å². The zero-order chi connectivity index (χ0) is 11.4. The van der Waals surface area contributed by atoms with Gasteiger partial charge in [0, 0.05) is 11.9 Å². The smallest absolute Gasteiger partial charge is 0.356 e. The van der Waals surface area contributed by atoms with Gasteiger partial charge in [0.05, 0.1) is 7.11 Å². The highest BCUT2D eigenvalue weighted by atomic mass is 32.2. The maximum Gasteiger partial charge on any atom is 0.356 e. The van der Waals surface area contributed by atoms with Crippen molar-refractivity contribution in [2.45, 2.75) is 6.42 Å². The number of thioether (sulfide) groups is 1. The maximum atomic E-state index is 11.2. The highest BCUT2D eigenvalue weighted by Gasteiger charge is 2.09. The van der Waals surface area contributed by atoms with Crippen LogP contribution in [-0.2, 0) is 4.74 Å². The van der Waals surface area contributed by atoms with Crippen LogP contribution < -0.4 is 0 Å². The lowest BCUT2D eigenvalue weighted by Crippen LogP contribution is -2.04. The van der Waals surface area contributed by atoms with Gasteiger partial charge in [-0.1, -0.05) is 12.1 Å². The summed E-state index contributed by atoms with van der Waals surface area (Å²) in [4.78, 5) is 15.3. The van der Waals surface area contributed by atoms with Crippen LogP contribution >= 0.6 is 11.8 Å². The second-order valence-electron chi connectivity index (χ2n) is 3.48. The molecule has 1 aliphatic rings. The number of nitrogens with zero attached hydrogens (tertiary/aromatic N) is 1. The Hall–Kier alpha value is -1.29. The first-order chi connectivity index (χ1) is 7.81. The van der Waals surface area contributed by atoms with Crippen molar-refractivity contribution in [3.05, 3.63) is 35.7 Å². The first kappa shape index (κ1) is 11.2. The van der Waals surface area contributed by atoms with Crippen LogP contribution in [0, 0.1) is 0 Å². The van der Waals surface area contributed by atoms with Gasteiger partial charge >= 0.3 is 5.97 Å². The van der Waals surface area contributed by atoms with Crippen molar-refractivity contribution in [2.75, 3.05) is 18.6 Å². The minimum Gasteiger partial charge on any atom is -0.464 e. The van der Waals surface area contributed by atoms with Crippen molar-refractivity contribution < 1.29 is 9.53 Å². The number of ether oxygens (including phenoxy) is 1. The highest BCUT2D eigenvalue weighted by Crippen LogP contribution is 2.25. The summed E-state index contributed by atoms with van der Waals surface area (Å²) in [6.45, 7) is 0. The monoisotopic (exact) mass is 235 g/mol. The normalized spacial score (nSPS) is 15.4. The summed E-state index contributed by atoms with van der Waals surface area (Å²) in [5.41, 5.74) is 2.78. The van der Waals surface area contributed by atoms with Crippen LogP contribution in [0.5, 0.6) is 0 Å². The third-order valence-corrected chi connectivity index (χ3v) is 3.39. The number of pyridine rings is 1. The van der Waals surface area contributed by atoms with E-state index in [4.69, 9.17) is 0 Å². The number of esters is 1. The van der Waals surface area contributed by atoms with Crippen molar-refractivity contribution in [1.82, 2.24) is 4.98 Å². The molecule has 0 aliphatic carbocycles. The van der Waals surface area contributed by atoms with Gasteiger partial charge in [-0.05, 0) is 29.4 Å². The van der Waals surface area contributed by atoms with Crippen LogP contribution in [0.2, 0.25) is 0 Å². The molecule has 1 aliphatic heterocycles. The van der Waals surface area contributed by atoms with Crippen molar-refractivity contribution in [1.29, 1.82) is 0 Å². The van der Waals surface area contributed by atoms with E-state index in [-0.39, 0.29) is 5.97 Å². The second kappa shape index (κ2) is 5.16. The van der Waals surface area contributed by atoms with E-state index in [1.54, 1.807) is 12.3 Å². The average Bonchev–Trinajstić information content (AvgIpc) is 2.39. The van der Waals surface area contributed by atoms with Gasteiger partial charge < -0.3 is 4.74 Å². The molecule has 0 unspecified atom stereocenters. The summed E-state index contributed by atoms with van der Waals surface area (Å²) >= 11 is 1.93. The molecule has 16 heavy (non-hydrogen) atoms. The lowest BCUT2D eigenvalue weighted by Gasteiger charge is -2.12. The summed E-state index contributed by atoms with van der Waals surface area (Å²) in [6.07, 6.45) is 5.04. The van der Waals surface area contributed by atoms with Crippen molar-refractivity contribution in [3.8, 4) is 0 Å². The molecule has 0 N–H and O–H groups in total. The van der Waals surface area contributed by atoms with Gasteiger partial charge in [-0.25, -0.2) is 9.78 Å². The molecule has 1 aromatic rings. The molecule has 0 saturated carbocycles. The average molecular weight is 235 g/mol. The minimum atomic E-state index is -0.389. The van der Waals surface area contributed by atoms with Crippen molar-refractivity contribution in [2.24, 2.45) is 0 Å². The Morgan fingerprint density at radius 3 is 2.94 bits per heavy atom. The van der Waals surface area contributed by atoms with Crippen molar-refractivity contribution in [3.63, 3.8) is 0 Å². The molecule has 0 fully saturated rings. The Labute approximate surface area is 98.9 Å². The predicted molar refractivity (Wildman–Crippen MR) is 65.5 cm³/mol. The molecule has 0 spiro atoms. The van der Waals surface area contributed by atoms with Crippen LogP contribution in [-0.4, -0.2) is 29.6 Å². The molecule has 0 atom stereocenters. The number of hydrogen-bond acceptors (Lipinski definition) is 4. The van der Waals surface area contributed by atoms with Gasteiger partial charge in [-0.15, -0.1) is 0 Å². The Bertz CT molecular complexity index is 412. The summed E-state index contributed by atoms with van der Waals surface area (Å²) < 4.78 is 4.60. The lowest BCUT2D eigenvalue weighted by molar-refractivity contribution is 0.0594. The molecule has 0 radical (unpaired) electrons. The third-order valence-electron chi connectivity index (χ3n) is 2.49.